The minimum atomic E-state index is -0.722. The third kappa shape index (κ3) is 1.42. The molecule has 5 atom stereocenters. The largest absolute Gasteiger partial charge is 0.500 e. The molecule has 0 aromatic carbocycles. The Hall–Kier alpha value is -1.32. The monoisotopic (exact) mass is 278 g/mol. The fourth-order valence-corrected chi connectivity index (χ4v) is 4.89. The third-order valence-electron chi connectivity index (χ3n) is 5.80. The zero-order valence-corrected chi connectivity index (χ0v) is 12.5. The molecule has 0 spiro atoms. The lowest BCUT2D eigenvalue weighted by atomic mass is 9.53. The zero-order chi connectivity index (χ0) is 14.7. The molecule has 2 saturated carbocycles. The van der Waals surface area contributed by atoms with E-state index < -0.39 is 5.41 Å². The maximum atomic E-state index is 12.5. The molecule has 0 saturated heterocycles. The predicted molar refractivity (Wildman–Crippen MR) is 72.6 cm³/mol. The van der Waals surface area contributed by atoms with Gasteiger partial charge in [-0.25, -0.2) is 0 Å². The molecular weight excluding hydrogens is 256 g/mol. The second-order valence-electron chi connectivity index (χ2n) is 6.72. The van der Waals surface area contributed by atoms with E-state index in [4.69, 9.17) is 9.47 Å². The van der Waals surface area contributed by atoms with Crippen molar-refractivity contribution in [3.8, 4) is 0 Å². The van der Waals surface area contributed by atoms with Gasteiger partial charge in [0.15, 0.2) is 5.78 Å². The molecule has 0 N–H and O–H groups in total. The first kappa shape index (κ1) is 13.7. The standard InChI is InChI=1S/C16H22O4/c1-8(2)11-7-16(15(18)20-4)13(19-3)6-12(17)10-5-9(11)14(10)16/h6,8-11,14H,5,7H2,1-4H3/t9-,10?,11?,14+,16+/m1/s1. The van der Waals surface area contributed by atoms with Gasteiger partial charge in [0.25, 0.3) is 0 Å². The summed E-state index contributed by atoms with van der Waals surface area (Å²) in [5.74, 6) is 1.87. The van der Waals surface area contributed by atoms with Gasteiger partial charge in [-0.1, -0.05) is 13.8 Å². The molecule has 110 valence electrons. The summed E-state index contributed by atoms with van der Waals surface area (Å²) >= 11 is 0. The summed E-state index contributed by atoms with van der Waals surface area (Å²) in [6, 6.07) is 0. The topological polar surface area (TPSA) is 52.6 Å². The number of allylic oxidation sites excluding steroid dienone is 1. The molecule has 2 fully saturated rings. The lowest BCUT2D eigenvalue weighted by Gasteiger charge is -2.50. The highest BCUT2D eigenvalue weighted by Crippen LogP contribution is 2.69. The van der Waals surface area contributed by atoms with E-state index in [1.54, 1.807) is 7.11 Å². The van der Waals surface area contributed by atoms with Crippen LogP contribution in [0.4, 0.5) is 0 Å². The number of methoxy groups -OCH3 is 2. The molecule has 3 aliphatic carbocycles. The Labute approximate surface area is 119 Å². The zero-order valence-electron chi connectivity index (χ0n) is 12.5. The molecule has 0 heterocycles. The van der Waals surface area contributed by atoms with Crippen molar-refractivity contribution in [2.75, 3.05) is 14.2 Å². The van der Waals surface area contributed by atoms with Crippen molar-refractivity contribution in [3.05, 3.63) is 11.8 Å². The predicted octanol–water partition coefficient (Wildman–Crippen LogP) is 2.19. The van der Waals surface area contributed by atoms with Crippen LogP contribution in [-0.4, -0.2) is 26.0 Å². The molecule has 3 aliphatic rings. The van der Waals surface area contributed by atoms with Crippen molar-refractivity contribution in [1.82, 2.24) is 0 Å². The summed E-state index contributed by atoms with van der Waals surface area (Å²) in [6.07, 6.45) is 3.20. The summed E-state index contributed by atoms with van der Waals surface area (Å²) in [5.41, 5.74) is -0.722. The molecule has 2 unspecified atom stereocenters. The van der Waals surface area contributed by atoms with Crippen LogP contribution in [0.2, 0.25) is 0 Å². The number of ketones is 1. The first-order valence-corrected chi connectivity index (χ1v) is 7.35. The van der Waals surface area contributed by atoms with Gasteiger partial charge in [0.05, 0.1) is 14.2 Å². The maximum Gasteiger partial charge on any atom is 0.319 e. The molecule has 0 aliphatic heterocycles. The number of hydrogen-bond donors (Lipinski definition) is 0. The SMILES string of the molecule is COC(=O)[C@@]12CC(C(C)C)[C@H]3CC(C(=O)C=C1OC)[C@H]32. The van der Waals surface area contributed by atoms with E-state index in [0.29, 0.717) is 23.5 Å². The number of ether oxygens (including phenoxy) is 2. The molecule has 0 amide bonds. The summed E-state index contributed by atoms with van der Waals surface area (Å²) in [7, 11) is 2.96. The van der Waals surface area contributed by atoms with E-state index in [0.717, 1.165) is 12.8 Å². The van der Waals surface area contributed by atoms with Gasteiger partial charge >= 0.3 is 5.97 Å². The molecule has 4 heteroatoms. The quantitative estimate of drug-likeness (QED) is 0.743. The summed E-state index contributed by atoms with van der Waals surface area (Å²) < 4.78 is 10.5. The van der Waals surface area contributed by atoms with E-state index in [-0.39, 0.29) is 23.6 Å². The van der Waals surface area contributed by atoms with Gasteiger partial charge in [-0.05, 0) is 36.5 Å². The second-order valence-corrected chi connectivity index (χ2v) is 6.72. The van der Waals surface area contributed by atoms with Crippen LogP contribution in [0.3, 0.4) is 0 Å². The Morgan fingerprint density at radius 2 is 2.10 bits per heavy atom. The highest BCUT2D eigenvalue weighted by Gasteiger charge is 2.71. The highest BCUT2D eigenvalue weighted by molar-refractivity contribution is 5.98. The van der Waals surface area contributed by atoms with E-state index in [2.05, 4.69) is 13.8 Å². The van der Waals surface area contributed by atoms with Crippen LogP contribution in [0.15, 0.2) is 11.8 Å². The lowest BCUT2D eigenvalue weighted by molar-refractivity contribution is -0.163. The van der Waals surface area contributed by atoms with Crippen LogP contribution in [-0.2, 0) is 19.1 Å². The van der Waals surface area contributed by atoms with E-state index >= 15 is 0 Å². The molecule has 0 radical (unpaired) electrons. The van der Waals surface area contributed by atoms with Crippen molar-refractivity contribution < 1.29 is 19.1 Å². The van der Waals surface area contributed by atoms with Crippen molar-refractivity contribution in [3.63, 3.8) is 0 Å². The minimum Gasteiger partial charge on any atom is -0.500 e. The van der Waals surface area contributed by atoms with E-state index in [1.807, 2.05) is 0 Å². The maximum absolute atomic E-state index is 12.5. The first-order chi connectivity index (χ1) is 9.47. The van der Waals surface area contributed by atoms with Gasteiger partial charge in [-0.3, -0.25) is 9.59 Å². The first-order valence-electron chi connectivity index (χ1n) is 7.35. The van der Waals surface area contributed by atoms with Gasteiger partial charge < -0.3 is 9.47 Å². The fourth-order valence-electron chi connectivity index (χ4n) is 4.89. The molecule has 0 aromatic heterocycles. The van der Waals surface area contributed by atoms with Crippen molar-refractivity contribution in [2.45, 2.75) is 26.7 Å². The van der Waals surface area contributed by atoms with Crippen LogP contribution >= 0.6 is 0 Å². The van der Waals surface area contributed by atoms with Crippen molar-refractivity contribution >= 4 is 11.8 Å². The molecule has 3 rings (SSSR count). The molecule has 4 nitrogen and oxygen atoms in total. The van der Waals surface area contributed by atoms with Gasteiger partial charge in [0.2, 0.25) is 0 Å². The second kappa shape index (κ2) is 4.34. The number of esters is 1. The van der Waals surface area contributed by atoms with Crippen LogP contribution in [0.25, 0.3) is 0 Å². The minimum absolute atomic E-state index is 0.0123. The molecule has 0 aromatic rings. The molecular formula is C16H22O4. The van der Waals surface area contributed by atoms with Crippen LogP contribution < -0.4 is 0 Å². The summed E-state index contributed by atoms with van der Waals surface area (Å²) in [6.45, 7) is 4.39. The Morgan fingerprint density at radius 3 is 2.65 bits per heavy atom. The smallest absolute Gasteiger partial charge is 0.319 e. The fraction of sp³-hybridized carbons (Fsp3) is 0.750. The van der Waals surface area contributed by atoms with Gasteiger partial charge in [0.1, 0.15) is 11.2 Å². The number of hydrogen-bond acceptors (Lipinski definition) is 4. The third-order valence-corrected chi connectivity index (χ3v) is 5.80. The Morgan fingerprint density at radius 1 is 1.40 bits per heavy atom. The average molecular weight is 278 g/mol. The Kier molecular flexibility index (Phi) is 2.96. The molecule has 0 bridgehead atoms. The van der Waals surface area contributed by atoms with E-state index in [1.165, 1.54) is 13.2 Å². The molecule has 20 heavy (non-hydrogen) atoms. The van der Waals surface area contributed by atoms with Gasteiger partial charge in [-0.15, -0.1) is 0 Å². The summed E-state index contributed by atoms with van der Waals surface area (Å²) in [5, 5.41) is 0. The lowest BCUT2D eigenvalue weighted by Crippen LogP contribution is -2.54. The highest BCUT2D eigenvalue weighted by atomic mass is 16.5. The van der Waals surface area contributed by atoms with E-state index in [9.17, 15) is 9.59 Å². The van der Waals surface area contributed by atoms with Crippen LogP contribution in [0.5, 0.6) is 0 Å². The number of carbonyl (C=O) groups excluding carboxylic acids is 2. The van der Waals surface area contributed by atoms with Crippen molar-refractivity contribution in [2.24, 2.45) is 35.0 Å². The summed E-state index contributed by atoms with van der Waals surface area (Å²) in [4.78, 5) is 24.7. The van der Waals surface area contributed by atoms with Gasteiger partial charge in [-0.2, -0.15) is 0 Å². The van der Waals surface area contributed by atoms with Crippen molar-refractivity contribution in [1.29, 1.82) is 0 Å². The average Bonchev–Trinajstić information content (AvgIpc) is 2.68. The Balaban J connectivity index is 2.11. The van der Waals surface area contributed by atoms with Gasteiger partial charge in [0, 0.05) is 12.0 Å². The van der Waals surface area contributed by atoms with Crippen LogP contribution in [0, 0.1) is 35.0 Å². The van der Waals surface area contributed by atoms with Crippen LogP contribution in [0.1, 0.15) is 26.7 Å². The Bertz CT molecular complexity index is 493. The number of rotatable bonds is 3. The normalized spacial score (nSPS) is 41.9. The number of carbonyl (C=O) groups is 2.